The SMILES string of the molecule is CCCN1C(=O)/C(=C/c2cc(Br)c(OCC(=O)Nc3ccc(CC)cc3)c(OCC)c2)SC1=S. The van der Waals surface area contributed by atoms with E-state index in [1.165, 1.54) is 17.3 Å². The van der Waals surface area contributed by atoms with Crippen LogP contribution in [0.4, 0.5) is 5.69 Å². The normalized spacial score (nSPS) is 14.6. The molecule has 0 aromatic heterocycles. The molecule has 0 saturated carbocycles. The molecule has 0 atom stereocenters. The van der Waals surface area contributed by atoms with Gasteiger partial charge in [0, 0.05) is 12.2 Å². The minimum absolute atomic E-state index is 0.0881. The number of hydrogen-bond donors (Lipinski definition) is 1. The van der Waals surface area contributed by atoms with Crippen molar-refractivity contribution < 1.29 is 19.1 Å². The third-order valence-corrected chi connectivity index (χ3v) is 6.91. The van der Waals surface area contributed by atoms with Gasteiger partial charge in [0.25, 0.3) is 11.8 Å². The second-order valence-electron chi connectivity index (χ2n) is 7.48. The summed E-state index contributed by atoms with van der Waals surface area (Å²) in [5, 5.41) is 2.83. The van der Waals surface area contributed by atoms with Gasteiger partial charge in [-0.1, -0.05) is 50.0 Å². The van der Waals surface area contributed by atoms with Gasteiger partial charge in [-0.3, -0.25) is 14.5 Å². The summed E-state index contributed by atoms with van der Waals surface area (Å²) >= 11 is 10.2. The highest BCUT2D eigenvalue weighted by Gasteiger charge is 2.31. The van der Waals surface area contributed by atoms with Gasteiger partial charge in [-0.2, -0.15) is 0 Å². The van der Waals surface area contributed by atoms with Gasteiger partial charge >= 0.3 is 0 Å². The molecular weight excluding hydrogens is 536 g/mol. The quantitative estimate of drug-likeness (QED) is 0.281. The summed E-state index contributed by atoms with van der Waals surface area (Å²) in [6, 6.07) is 11.3. The molecule has 0 unspecified atom stereocenters. The minimum Gasteiger partial charge on any atom is -0.490 e. The van der Waals surface area contributed by atoms with Gasteiger partial charge in [0.05, 0.1) is 16.0 Å². The van der Waals surface area contributed by atoms with Crippen LogP contribution in [0.15, 0.2) is 45.8 Å². The molecule has 6 nitrogen and oxygen atoms in total. The van der Waals surface area contributed by atoms with Crippen molar-refractivity contribution in [2.75, 3.05) is 25.1 Å². The number of benzene rings is 2. The van der Waals surface area contributed by atoms with Gasteiger partial charge in [0.2, 0.25) is 0 Å². The van der Waals surface area contributed by atoms with Crippen LogP contribution in [0.2, 0.25) is 0 Å². The van der Waals surface area contributed by atoms with E-state index in [-0.39, 0.29) is 18.4 Å². The van der Waals surface area contributed by atoms with Crippen LogP contribution in [0.25, 0.3) is 6.08 Å². The topological polar surface area (TPSA) is 67.9 Å². The number of amides is 2. The largest absolute Gasteiger partial charge is 0.490 e. The number of anilines is 1. The van der Waals surface area contributed by atoms with Crippen LogP contribution < -0.4 is 14.8 Å². The van der Waals surface area contributed by atoms with E-state index in [0.29, 0.717) is 44.0 Å². The van der Waals surface area contributed by atoms with Crippen LogP contribution in [0, 0.1) is 0 Å². The van der Waals surface area contributed by atoms with Crippen molar-refractivity contribution in [3.8, 4) is 11.5 Å². The highest BCUT2D eigenvalue weighted by Crippen LogP contribution is 2.39. The van der Waals surface area contributed by atoms with E-state index in [4.69, 9.17) is 21.7 Å². The van der Waals surface area contributed by atoms with Gasteiger partial charge in [-0.25, -0.2) is 0 Å². The Kier molecular flexibility index (Phi) is 9.55. The predicted octanol–water partition coefficient (Wildman–Crippen LogP) is 6.04. The van der Waals surface area contributed by atoms with Crippen molar-refractivity contribution in [3.63, 3.8) is 0 Å². The molecule has 0 radical (unpaired) electrons. The predicted molar refractivity (Wildman–Crippen MR) is 145 cm³/mol. The van der Waals surface area contributed by atoms with Crippen molar-refractivity contribution in [3.05, 3.63) is 56.9 Å². The molecule has 2 amide bonds. The molecule has 1 aliphatic rings. The second-order valence-corrected chi connectivity index (χ2v) is 10.0. The lowest BCUT2D eigenvalue weighted by atomic mass is 10.1. The number of aryl methyl sites for hydroxylation is 1. The zero-order valence-corrected chi connectivity index (χ0v) is 22.6. The molecule has 1 aliphatic heterocycles. The molecule has 1 saturated heterocycles. The third-order valence-electron chi connectivity index (χ3n) is 4.94. The zero-order chi connectivity index (χ0) is 24.7. The Morgan fingerprint density at radius 2 is 1.91 bits per heavy atom. The highest BCUT2D eigenvalue weighted by atomic mass is 79.9. The molecule has 0 aliphatic carbocycles. The Balaban J connectivity index is 1.74. The fourth-order valence-electron chi connectivity index (χ4n) is 3.30. The van der Waals surface area contributed by atoms with Crippen LogP contribution in [-0.4, -0.2) is 40.8 Å². The first-order valence-electron chi connectivity index (χ1n) is 11.1. The number of thioether (sulfide) groups is 1. The van der Waals surface area contributed by atoms with E-state index < -0.39 is 0 Å². The minimum atomic E-state index is -0.276. The number of carbonyl (C=O) groups excluding carboxylic acids is 2. The Morgan fingerprint density at radius 3 is 2.56 bits per heavy atom. The number of nitrogens with one attached hydrogen (secondary N) is 1. The average molecular weight is 564 g/mol. The lowest BCUT2D eigenvalue weighted by Gasteiger charge is -2.15. The van der Waals surface area contributed by atoms with E-state index in [1.54, 1.807) is 17.0 Å². The average Bonchev–Trinajstić information content (AvgIpc) is 3.07. The van der Waals surface area contributed by atoms with Crippen molar-refractivity contribution in [1.82, 2.24) is 4.90 Å². The van der Waals surface area contributed by atoms with E-state index in [9.17, 15) is 9.59 Å². The fraction of sp³-hybridized carbons (Fsp3) is 0.320. The molecule has 3 rings (SSSR count). The standard InChI is InChI=1S/C25H27BrN2O4S2/c1-4-11-28-24(30)21(34-25(28)33)14-17-12-19(26)23(20(13-17)31-6-3)32-15-22(29)27-18-9-7-16(5-2)8-10-18/h7-10,12-14H,4-6,11,15H2,1-3H3,(H,27,29)/b21-14-. The van der Waals surface area contributed by atoms with Gasteiger partial charge in [-0.05, 0) is 77.2 Å². The third kappa shape index (κ3) is 6.61. The lowest BCUT2D eigenvalue weighted by Crippen LogP contribution is -2.28. The maximum Gasteiger partial charge on any atom is 0.266 e. The molecule has 1 fully saturated rings. The van der Waals surface area contributed by atoms with E-state index in [2.05, 4.69) is 28.2 Å². The van der Waals surface area contributed by atoms with Crippen LogP contribution in [0.5, 0.6) is 11.5 Å². The summed E-state index contributed by atoms with van der Waals surface area (Å²) in [6.07, 6.45) is 3.57. The summed E-state index contributed by atoms with van der Waals surface area (Å²) in [5.41, 5.74) is 2.68. The summed E-state index contributed by atoms with van der Waals surface area (Å²) in [6.45, 7) is 6.80. The van der Waals surface area contributed by atoms with Gasteiger partial charge in [0.15, 0.2) is 18.1 Å². The number of ether oxygens (including phenoxy) is 2. The Labute approximate surface area is 218 Å². The first kappa shape index (κ1) is 26.2. The highest BCUT2D eigenvalue weighted by molar-refractivity contribution is 9.10. The van der Waals surface area contributed by atoms with E-state index in [0.717, 1.165) is 18.4 Å². The lowest BCUT2D eigenvalue weighted by molar-refractivity contribution is -0.122. The van der Waals surface area contributed by atoms with Crippen LogP contribution in [0.1, 0.15) is 38.3 Å². The summed E-state index contributed by atoms with van der Waals surface area (Å²) < 4.78 is 12.8. The number of halogens is 1. The molecule has 1 heterocycles. The first-order valence-corrected chi connectivity index (χ1v) is 13.1. The second kappa shape index (κ2) is 12.4. The number of hydrogen-bond acceptors (Lipinski definition) is 6. The van der Waals surface area contributed by atoms with Crippen LogP contribution in [0.3, 0.4) is 0 Å². The molecule has 1 N–H and O–H groups in total. The summed E-state index contributed by atoms with van der Waals surface area (Å²) in [4.78, 5) is 27.3. The molecule has 0 bridgehead atoms. The molecule has 2 aromatic rings. The molecule has 180 valence electrons. The number of carbonyl (C=O) groups is 2. The summed E-state index contributed by atoms with van der Waals surface area (Å²) in [7, 11) is 0. The molecule has 9 heteroatoms. The monoisotopic (exact) mass is 562 g/mol. The molecule has 34 heavy (non-hydrogen) atoms. The van der Waals surface area contributed by atoms with E-state index in [1.807, 2.05) is 44.2 Å². The van der Waals surface area contributed by atoms with Crippen molar-refractivity contribution in [2.45, 2.75) is 33.6 Å². The Morgan fingerprint density at radius 1 is 1.18 bits per heavy atom. The molecule has 2 aromatic carbocycles. The van der Waals surface area contributed by atoms with Crippen molar-refractivity contribution in [2.24, 2.45) is 0 Å². The number of thiocarbonyl (C=S) groups is 1. The van der Waals surface area contributed by atoms with Crippen molar-refractivity contribution >= 4 is 67.8 Å². The zero-order valence-electron chi connectivity index (χ0n) is 19.4. The fourth-order valence-corrected chi connectivity index (χ4v) is 5.18. The smallest absolute Gasteiger partial charge is 0.266 e. The first-order chi connectivity index (χ1) is 16.4. The van der Waals surface area contributed by atoms with Crippen LogP contribution in [-0.2, 0) is 16.0 Å². The number of rotatable bonds is 10. The molecular formula is C25H27BrN2O4S2. The Hall–Kier alpha value is -2.36. The van der Waals surface area contributed by atoms with Crippen LogP contribution >= 0.6 is 39.9 Å². The van der Waals surface area contributed by atoms with Gasteiger partial charge in [0.1, 0.15) is 4.32 Å². The van der Waals surface area contributed by atoms with E-state index >= 15 is 0 Å². The molecule has 0 spiro atoms. The number of nitrogens with zero attached hydrogens (tertiary/aromatic N) is 1. The van der Waals surface area contributed by atoms with Gasteiger partial charge in [-0.15, -0.1) is 0 Å². The van der Waals surface area contributed by atoms with Gasteiger partial charge < -0.3 is 14.8 Å². The summed E-state index contributed by atoms with van der Waals surface area (Å²) in [5.74, 6) is 0.540. The Bertz CT molecular complexity index is 1100. The van der Waals surface area contributed by atoms with Crippen molar-refractivity contribution in [1.29, 1.82) is 0 Å². The maximum absolute atomic E-state index is 12.7. The maximum atomic E-state index is 12.7.